The molecule has 0 saturated heterocycles. The van der Waals surface area contributed by atoms with Crippen molar-refractivity contribution < 1.29 is 9.47 Å². The van der Waals surface area contributed by atoms with E-state index in [9.17, 15) is 0 Å². The molecule has 0 heterocycles. The highest BCUT2D eigenvalue weighted by molar-refractivity contribution is 6.21. The van der Waals surface area contributed by atoms with E-state index < -0.39 is 0 Å². The Labute approximate surface area is 85.5 Å². The summed E-state index contributed by atoms with van der Waals surface area (Å²) in [6.07, 6.45) is 1.48. The minimum atomic E-state index is 0.0860. The zero-order valence-electron chi connectivity index (χ0n) is 8.79. The summed E-state index contributed by atoms with van der Waals surface area (Å²) in [7, 11) is 1.69. The van der Waals surface area contributed by atoms with E-state index in [4.69, 9.17) is 21.1 Å². The van der Waals surface area contributed by atoms with E-state index in [0.717, 1.165) is 6.42 Å². The maximum absolute atomic E-state index is 5.97. The van der Waals surface area contributed by atoms with Crippen molar-refractivity contribution >= 4 is 11.6 Å². The summed E-state index contributed by atoms with van der Waals surface area (Å²) in [6.45, 7) is 6.41. The predicted molar refractivity (Wildman–Crippen MR) is 54.2 cm³/mol. The van der Waals surface area contributed by atoms with Crippen LogP contribution in [-0.2, 0) is 9.47 Å². The molecule has 1 saturated carbocycles. The summed E-state index contributed by atoms with van der Waals surface area (Å²) >= 11 is 5.97. The van der Waals surface area contributed by atoms with Crippen molar-refractivity contribution in [1.82, 2.24) is 0 Å². The van der Waals surface area contributed by atoms with E-state index in [1.165, 1.54) is 0 Å². The van der Waals surface area contributed by atoms with E-state index >= 15 is 0 Å². The van der Waals surface area contributed by atoms with Gasteiger partial charge in [-0.25, -0.2) is 0 Å². The first kappa shape index (κ1) is 11.3. The Morgan fingerprint density at radius 1 is 1.31 bits per heavy atom. The van der Waals surface area contributed by atoms with Crippen LogP contribution in [0.3, 0.4) is 0 Å². The molecule has 13 heavy (non-hydrogen) atoms. The molecular weight excluding hydrogens is 188 g/mol. The van der Waals surface area contributed by atoms with Crippen LogP contribution in [0.1, 0.15) is 27.2 Å². The molecule has 0 N–H and O–H groups in total. The van der Waals surface area contributed by atoms with Crippen LogP contribution in [0.5, 0.6) is 0 Å². The maximum Gasteiger partial charge on any atom is 0.0997 e. The molecule has 0 aliphatic heterocycles. The summed E-state index contributed by atoms with van der Waals surface area (Å²) < 4.78 is 11.0. The highest BCUT2D eigenvalue weighted by Gasteiger charge is 2.42. The summed E-state index contributed by atoms with van der Waals surface area (Å²) in [5.74, 6) is 0.548. The molecule has 1 rings (SSSR count). The van der Waals surface area contributed by atoms with Crippen molar-refractivity contribution in [3.8, 4) is 0 Å². The number of ether oxygens (including phenoxy) is 2. The molecule has 0 aromatic carbocycles. The van der Waals surface area contributed by atoms with Gasteiger partial charge in [-0.15, -0.1) is 11.6 Å². The van der Waals surface area contributed by atoms with Gasteiger partial charge in [0.05, 0.1) is 23.7 Å². The van der Waals surface area contributed by atoms with Crippen molar-refractivity contribution in [2.75, 3.05) is 7.11 Å². The first-order valence-electron chi connectivity index (χ1n) is 4.88. The van der Waals surface area contributed by atoms with Gasteiger partial charge in [-0.1, -0.05) is 13.8 Å². The molecule has 1 aliphatic rings. The fourth-order valence-corrected chi connectivity index (χ4v) is 1.83. The van der Waals surface area contributed by atoms with E-state index in [1.54, 1.807) is 7.11 Å². The molecule has 0 aromatic rings. The molecule has 3 heteroatoms. The second-order valence-corrected chi connectivity index (χ2v) is 4.64. The second-order valence-electron chi connectivity index (χ2n) is 4.08. The average Bonchev–Trinajstić information content (AvgIpc) is 2.03. The predicted octanol–water partition coefficient (Wildman–Crippen LogP) is 2.44. The molecule has 0 bridgehead atoms. The normalized spacial score (nSPS) is 36.0. The summed E-state index contributed by atoms with van der Waals surface area (Å²) in [4.78, 5) is 0. The van der Waals surface area contributed by atoms with E-state index in [1.807, 2.05) is 0 Å². The molecular formula is C10H19ClO2. The van der Waals surface area contributed by atoms with Gasteiger partial charge in [-0.3, -0.25) is 0 Å². The second kappa shape index (κ2) is 4.63. The summed E-state index contributed by atoms with van der Waals surface area (Å²) in [5.41, 5.74) is 0. The van der Waals surface area contributed by atoms with Gasteiger partial charge in [0.25, 0.3) is 0 Å². The third kappa shape index (κ3) is 2.58. The number of alkyl halides is 1. The maximum atomic E-state index is 5.97. The van der Waals surface area contributed by atoms with Gasteiger partial charge in [-0.05, 0) is 19.3 Å². The van der Waals surface area contributed by atoms with Crippen molar-refractivity contribution in [1.29, 1.82) is 0 Å². The van der Waals surface area contributed by atoms with Crippen LogP contribution in [-0.4, -0.2) is 30.8 Å². The minimum Gasteiger partial charge on any atom is -0.377 e. The SMILES string of the molecule is COC1C(Cl)CC1OC(C)C(C)C. The molecule has 4 unspecified atom stereocenters. The number of rotatable bonds is 4. The molecule has 0 aromatic heterocycles. The Hall–Kier alpha value is 0.210. The van der Waals surface area contributed by atoms with E-state index in [0.29, 0.717) is 5.92 Å². The summed E-state index contributed by atoms with van der Waals surface area (Å²) in [5, 5.41) is 0.134. The molecule has 0 amide bonds. The van der Waals surface area contributed by atoms with E-state index in [2.05, 4.69) is 20.8 Å². The smallest absolute Gasteiger partial charge is 0.0997 e. The fraction of sp³-hybridized carbons (Fsp3) is 1.00. The standard InChI is InChI=1S/C10H19ClO2/c1-6(2)7(3)13-9-5-8(11)10(9)12-4/h6-10H,5H2,1-4H3. The van der Waals surface area contributed by atoms with Crippen LogP contribution in [0.15, 0.2) is 0 Å². The Balaban J connectivity index is 2.30. The van der Waals surface area contributed by atoms with Crippen LogP contribution >= 0.6 is 11.6 Å². The highest BCUT2D eigenvalue weighted by Crippen LogP contribution is 2.32. The number of hydrogen-bond acceptors (Lipinski definition) is 2. The molecule has 1 fully saturated rings. The lowest BCUT2D eigenvalue weighted by Gasteiger charge is -2.41. The molecule has 4 atom stereocenters. The van der Waals surface area contributed by atoms with Gasteiger partial charge in [0.1, 0.15) is 0 Å². The van der Waals surface area contributed by atoms with E-state index in [-0.39, 0.29) is 23.7 Å². The Kier molecular flexibility index (Phi) is 4.02. The fourth-order valence-electron chi connectivity index (χ4n) is 1.39. The highest BCUT2D eigenvalue weighted by atomic mass is 35.5. The van der Waals surface area contributed by atoms with Gasteiger partial charge in [-0.2, -0.15) is 0 Å². The van der Waals surface area contributed by atoms with Crippen LogP contribution in [0, 0.1) is 5.92 Å². The lowest BCUT2D eigenvalue weighted by molar-refractivity contribution is -0.141. The van der Waals surface area contributed by atoms with Crippen LogP contribution < -0.4 is 0 Å². The van der Waals surface area contributed by atoms with Crippen molar-refractivity contribution in [3.05, 3.63) is 0 Å². The molecule has 2 nitrogen and oxygen atoms in total. The topological polar surface area (TPSA) is 18.5 Å². The largest absolute Gasteiger partial charge is 0.377 e. The molecule has 0 radical (unpaired) electrons. The van der Waals surface area contributed by atoms with Crippen LogP contribution in [0.4, 0.5) is 0 Å². The Morgan fingerprint density at radius 3 is 2.31 bits per heavy atom. The quantitative estimate of drug-likeness (QED) is 0.658. The first-order valence-corrected chi connectivity index (χ1v) is 5.32. The van der Waals surface area contributed by atoms with Gasteiger partial charge in [0.15, 0.2) is 0 Å². The minimum absolute atomic E-state index is 0.0860. The van der Waals surface area contributed by atoms with Crippen LogP contribution in [0.2, 0.25) is 0 Å². The molecule has 0 spiro atoms. The third-order valence-corrected chi connectivity index (χ3v) is 3.21. The van der Waals surface area contributed by atoms with Gasteiger partial charge in [0.2, 0.25) is 0 Å². The van der Waals surface area contributed by atoms with Gasteiger partial charge < -0.3 is 9.47 Å². The van der Waals surface area contributed by atoms with Crippen molar-refractivity contribution in [2.45, 2.75) is 50.9 Å². The lowest BCUT2D eigenvalue weighted by Crippen LogP contribution is -2.51. The molecule has 1 aliphatic carbocycles. The Morgan fingerprint density at radius 2 is 1.92 bits per heavy atom. The van der Waals surface area contributed by atoms with Gasteiger partial charge in [0, 0.05) is 7.11 Å². The lowest BCUT2D eigenvalue weighted by atomic mass is 9.90. The van der Waals surface area contributed by atoms with Gasteiger partial charge >= 0.3 is 0 Å². The molecule has 78 valence electrons. The third-order valence-electron chi connectivity index (χ3n) is 2.78. The number of methoxy groups -OCH3 is 1. The summed E-state index contributed by atoms with van der Waals surface area (Å²) in [6, 6.07) is 0. The zero-order valence-corrected chi connectivity index (χ0v) is 9.54. The van der Waals surface area contributed by atoms with Crippen molar-refractivity contribution in [3.63, 3.8) is 0 Å². The monoisotopic (exact) mass is 206 g/mol. The zero-order chi connectivity index (χ0) is 10.0. The average molecular weight is 207 g/mol. The number of halogens is 1. The van der Waals surface area contributed by atoms with Crippen LogP contribution in [0.25, 0.3) is 0 Å². The number of hydrogen-bond donors (Lipinski definition) is 0. The van der Waals surface area contributed by atoms with Crippen molar-refractivity contribution in [2.24, 2.45) is 5.92 Å². The first-order chi connectivity index (χ1) is 6.06. The Bertz CT molecular complexity index is 161.